The monoisotopic (exact) mass is 577 g/mol. The normalized spacial score (nSPS) is 11.5. The lowest BCUT2D eigenvalue weighted by atomic mass is 10.1. The summed E-state index contributed by atoms with van der Waals surface area (Å²) in [7, 11) is 5.70. The van der Waals surface area contributed by atoms with E-state index in [1.807, 2.05) is 74.2 Å². The molecule has 11 nitrogen and oxygen atoms in total. The van der Waals surface area contributed by atoms with Crippen molar-refractivity contribution < 1.29 is 17.9 Å². The van der Waals surface area contributed by atoms with Crippen LogP contribution >= 0.6 is 0 Å². The highest BCUT2D eigenvalue weighted by molar-refractivity contribution is 7.90. The van der Waals surface area contributed by atoms with Gasteiger partial charge in [-0.3, -0.25) is 4.79 Å². The third-order valence-electron chi connectivity index (χ3n) is 6.61. The second kappa shape index (κ2) is 12.0. The predicted octanol–water partition coefficient (Wildman–Crippen LogP) is 3.91. The van der Waals surface area contributed by atoms with Gasteiger partial charge in [-0.15, -0.1) is 0 Å². The number of hydrogen-bond donors (Lipinski definition) is 2. The van der Waals surface area contributed by atoms with E-state index in [2.05, 4.69) is 32.1 Å². The Hall–Kier alpha value is -4.42. The number of benzene rings is 2. The summed E-state index contributed by atoms with van der Waals surface area (Å²) >= 11 is 0. The Morgan fingerprint density at radius 3 is 2.54 bits per heavy atom. The number of rotatable bonds is 11. The minimum Gasteiger partial charge on any atom is -0.494 e. The molecule has 2 N–H and O–H groups in total. The Kier molecular flexibility index (Phi) is 8.64. The smallest absolute Gasteiger partial charge is 0.247 e. The molecule has 0 aliphatic heterocycles. The van der Waals surface area contributed by atoms with Crippen molar-refractivity contribution in [1.29, 1.82) is 0 Å². The number of sulfone groups is 1. The summed E-state index contributed by atoms with van der Waals surface area (Å²) in [6.07, 6.45) is 5.49. The van der Waals surface area contributed by atoms with E-state index >= 15 is 0 Å². The number of aromatic nitrogens is 3. The standard InChI is InChI=1S/C29H35N7O4S/c1-8-27(37)31-21-15-22(25(40-6)16-24(21)35(4)14-13-34(2)3)32-29-30-17-26(41(7,38)39)28(33-29)20-18-36(5)23-12-10-9-11-19(20)23/h8-12,15-18H,1,13-14H2,2-7H3,(H,31,37)(H,30,32,33). The molecule has 0 unspecified atom stereocenters. The second-order valence-corrected chi connectivity index (χ2v) is 11.9. The molecule has 12 heteroatoms. The molecule has 0 fully saturated rings. The van der Waals surface area contributed by atoms with Gasteiger partial charge < -0.3 is 29.7 Å². The van der Waals surface area contributed by atoms with Gasteiger partial charge in [0.15, 0.2) is 9.84 Å². The summed E-state index contributed by atoms with van der Waals surface area (Å²) < 4.78 is 33.1. The quantitative estimate of drug-likeness (QED) is 0.256. The molecular weight excluding hydrogens is 542 g/mol. The lowest BCUT2D eigenvalue weighted by Crippen LogP contribution is -2.29. The van der Waals surface area contributed by atoms with Gasteiger partial charge in [0.2, 0.25) is 11.9 Å². The van der Waals surface area contributed by atoms with E-state index in [0.717, 1.165) is 29.4 Å². The van der Waals surface area contributed by atoms with Crippen molar-refractivity contribution >= 4 is 49.7 Å². The van der Waals surface area contributed by atoms with E-state index in [1.54, 1.807) is 13.2 Å². The summed E-state index contributed by atoms with van der Waals surface area (Å²) in [5.41, 5.74) is 3.63. The second-order valence-electron chi connectivity index (χ2n) is 9.96. The molecule has 0 aliphatic rings. The number of anilines is 4. The van der Waals surface area contributed by atoms with Crippen molar-refractivity contribution in [2.75, 3.05) is 63.1 Å². The summed E-state index contributed by atoms with van der Waals surface area (Å²) in [5.74, 6) is 0.277. The number of para-hydroxylation sites is 1. The van der Waals surface area contributed by atoms with Crippen LogP contribution in [0.2, 0.25) is 0 Å². The van der Waals surface area contributed by atoms with Crippen LogP contribution in [0.25, 0.3) is 22.2 Å². The Morgan fingerprint density at radius 1 is 1.15 bits per heavy atom. The van der Waals surface area contributed by atoms with Crippen LogP contribution in [0, 0.1) is 0 Å². The Labute approximate surface area is 240 Å². The van der Waals surface area contributed by atoms with Crippen molar-refractivity contribution in [1.82, 2.24) is 19.4 Å². The third kappa shape index (κ3) is 6.50. The van der Waals surface area contributed by atoms with Gasteiger partial charge in [0.05, 0.1) is 36.1 Å². The van der Waals surface area contributed by atoms with Crippen LogP contribution in [0.3, 0.4) is 0 Å². The molecule has 2 aromatic carbocycles. The number of likely N-dealkylation sites (N-methyl/N-ethyl adjacent to an activating group) is 2. The number of hydrogen-bond acceptors (Lipinski definition) is 9. The molecule has 0 saturated carbocycles. The van der Waals surface area contributed by atoms with Gasteiger partial charge in [-0.25, -0.2) is 18.4 Å². The molecule has 216 valence electrons. The lowest BCUT2D eigenvalue weighted by molar-refractivity contribution is -0.111. The summed E-state index contributed by atoms with van der Waals surface area (Å²) in [6.45, 7) is 5.06. The predicted molar refractivity (Wildman–Crippen MR) is 164 cm³/mol. The number of amides is 1. The molecule has 4 rings (SSSR count). The summed E-state index contributed by atoms with van der Waals surface area (Å²) in [6, 6.07) is 11.2. The Bertz CT molecular complexity index is 1710. The molecule has 0 aliphatic carbocycles. The van der Waals surface area contributed by atoms with E-state index in [1.165, 1.54) is 12.3 Å². The number of methoxy groups -OCH3 is 1. The Balaban J connectivity index is 1.82. The van der Waals surface area contributed by atoms with Crippen LogP contribution in [0.1, 0.15) is 0 Å². The minimum atomic E-state index is -3.65. The average Bonchev–Trinajstić information content (AvgIpc) is 3.27. The summed E-state index contributed by atoms with van der Waals surface area (Å²) in [4.78, 5) is 25.4. The fourth-order valence-electron chi connectivity index (χ4n) is 4.45. The maximum Gasteiger partial charge on any atom is 0.247 e. The highest BCUT2D eigenvalue weighted by atomic mass is 32.2. The average molecular weight is 578 g/mol. The highest BCUT2D eigenvalue weighted by Gasteiger charge is 2.22. The molecule has 0 bridgehead atoms. The van der Waals surface area contributed by atoms with Crippen molar-refractivity contribution in [2.24, 2.45) is 7.05 Å². The van der Waals surface area contributed by atoms with Gasteiger partial charge >= 0.3 is 0 Å². The van der Waals surface area contributed by atoms with Crippen molar-refractivity contribution in [3.63, 3.8) is 0 Å². The molecule has 41 heavy (non-hydrogen) atoms. The third-order valence-corrected chi connectivity index (χ3v) is 7.71. The van der Waals surface area contributed by atoms with E-state index in [9.17, 15) is 13.2 Å². The highest BCUT2D eigenvalue weighted by Crippen LogP contribution is 2.39. The molecule has 4 aromatic rings. The zero-order chi connectivity index (χ0) is 29.9. The molecule has 0 spiro atoms. The zero-order valence-corrected chi connectivity index (χ0v) is 24.9. The molecule has 2 heterocycles. The largest absolute Gasteiger partial charge is 0.494 e. The van der Waals surface area contributed by atoms with Crippen molar-refractivity contribution in [2.45, 2.75) is 4.90 Å². The number of carbonyl (C=O) groups excluding carboxylic acids is 1. The van der Waals surface area contributed by atoms with E-state index in [-0.39, 0.29) is 22.4 Å². The maximum absolute atomic E-state index is 12.7. The van der Waals surface area contributed by atoms with Gasteiger partial charge in [0.25, 0.3) is 0 Å². The van der Waals surface area contributed by atoms with Gasteiger partial charge in [0.1, 0.15) is 10.6 Å². The van der Waals surface area contributed by atoms with E-state index in [0.29, 0.717) is 29.2 Å². The number of nitrogens with one attached hydrogen (secondary N) is 2. The molecule has 2 aromatic heterocycles. The first-order valence-electron chi connectivity index (χ1n) is 12.8. The number of nitrogens with zero attached hydrogens (tertiary/aromatic N) is 5. The van der Waals surface area contributed by atoms with E-state index < -0.39 is 9.84 Å². The molecule has 0 saturated heterocycles. The van der Waals surface area contributed by atoms with Crippen LogP contribution < -0.4 is 20.3 Å². The van der Waals surface area contributed by atoms with Crippen LogP contribution in [-0.4, -0.2) is 81.4 Å². The van der Waals surface area contributed by atoms with Crippen LogP contribution in [-0.2, 0) is 21.7 Å². The van der Waals surface area contributed by atoms with Crippen molar-refractivity contribution in [3.05, 3.63) is 61.4 Å². The molecule has 0 radical (unpaired) electrons. The topological polar surface area (TPSA) is 122 Å². The molecular formula is C29H35N7O4S. The SMILES string of the molecule is C=CC(=O)Nc1cc(Nc2ncc(S(C)(=O)=O)c(-c3cn(C)c4ccccc34)n2)c(OC)cc1N(C)CCN(C)C. The Morgan fingerprint density at radius 2 is 1.88 bits per heavy atom. The van der Waals surface area contributed by atoms with Gasteiger partial charge in [-0.2, -0.15) is 0 Å². The van der Waals surface area contributed by atoms with Gasteiger partial charge in [0, 0.05) is 62.2 Å². The number of aryl methyl sites for hydroxylation is 1. The fourth-order valence-corrected chi connectivity index (χ4v) is 5.20. The first kappa shape index (κ1) is 29.6. The number of fused-ring (bicyclic) bond motifs is 1. The van der Waals surface area contributed by atoms with Crippen LogP contribution in [0.4, 0.5) is 23.0 Å². The molecule has 0 atom stereocenters. The molecule has 1 amide bonds. The van der Waals surface area contributed by atoms with Crippen molar-refractivity contribution in [3.8, 4) is 17.0 Å². The number of carbonyl (C=O) groups is 1. The van der Waals surface area contributed by atoms with Crippen LogP contribution in [0.15, 0.2) is 66.3 Å². The van der Waals surface area contributed by atoms with Crippen LogP contribution in [0.5, 0.6) is 5.75 Å². The maximum atomic E-state index is 12.7. The fraction of sp³-hybridized carbons (Fsp3) is 0.276. The minimum absolute atomic E-state index is 0.0168. The first-order chi connectivity index (χ1) is 19.4. The van der Waals surface area contributed by atoms with E-state index in [4.69, 9.17) is 4.74 Å². The van der Waals surface area contributed by atoms with Gasteiger partial charge in [-0.05, 0) is 32.3 Å². The number of ether oxygens (including phenoxy) is 1. The zero-order valence-electron chi connectivity index (χ0n) is 24.1. The van der Waals surface area contributed by atoms with Gasteiger partial charge in [-0.1, -0.05) is 24.8 Å². The lowest BCUT2D eigenvalue weighted by Gasteiger charge is -2.26. The summed E-state index contributed by atoms with van der Waals surface area (Å²) in [5, 5.41) is 6.89. The first-order valence-corrected chi connectivity index (χ1v) is 14.7.